The van der Waals surface area contributed by atoms with Crippen LogP contribution in [0.5, 0.6) is 5.88 Å². The fourth-order valence-corrected chi connectivity index (χ4v) is 2.56. The number of aromatic nitrogens is 1. The zero-order chi connectivity index (χ0) is 14.7. The maximum atomic E-state index is 5.88. The predicted molar refractivity (Wildman–Crippen MR) is 82.7 cm³/mol. The molecule has 3 rings (SSSR count). The summed E-state index contributed by atoms with van der Waals surface area (Å²) in [5, 5.41) is 3.56. The first-order valence-electron chi connectivity index (χ1n) is 8.19. The van der Waals surface area contributed by atoms with E-state index in [1.165, 1.54) is 18.4 Å². The van der Waals surface area contributed by atoms with E-state index >= 15 is 0 Å². The summed E-state index contributed by atoms with van der Waals surface area (Å²) in [4.78, 5) is 4.63. The third kappa shape index (κ3) is 4.42. The van der Waals surface area contributed by atoms with Crippen molar-refractivity contribution in [1.29, 1.82) is 0 Å². The van der Waals surface area contributed by atoms with Crippen LogP contribution in [0, 0.1) is 0 Å². The molecule has 4 heteroatoms. The van der Waals surface area contributed by atoms with Crippen LogP contribution in [0.25, 0.3) is 0 Å². The van der Waals surface area contributed by atoms with Crippen molar-refractivity contribution in [1.82, 2.24) is 10.3 Å². The fraction of sp³-hybridized carbons (Fsp3) is 0.706. The lowest BCUT2D eigenvalue weighted by Gasteiger charge is -2.14. The first-order chi connectivity index (χ1) is 10.2. The van der Waals surface area contributed by atoms with Crippen molar-refractivity contribution < 1.29 is 9.47 Å². The van der Waals surface area contributed by atoms with Gasteiger partial charge in [-0.2, -0.15) is 0 Å². The molecule has 1 aromatic heterocycles. The summed E-state index contributed by atoms with van der Waals surface area (Å²) in [6, 6.07) is 4.98. The van der Waals surface area contributed by atoms with Crippen LogP contribution in [0.3, 0.4) is 0 Å². The van der Waals surface area contributed by atoms with Gasteiger partial charge >= 0.3 is 0 Å². The number of pyridine rings is 1. The Balaban J connectivity index is 1.64. The van der Waals surface area contributed by atoms with Gasteiger partial charge in [-0.25, -0.2) is 4.98 Å². The number of ether oxygens (including phenoxy) is 2. The molecule has 2 fully saturated rings. The number of rotatable bonds is 7. The van der Waals surface area contributed by atoms with Crippen molar-refractivity contribution in [3.05, 3.63) is 23.4 Å². The van der Waals surface area contributed by atoms with Crippen LogP contribution < -0.4 is 10.1 Å². The van der Waals surface area contributed by atoms with E-state index in [9.17, 15) is 0 Å². The lowest BCUT2D eigenvalue weighted by Crippen LogP contribution is -2.18. The van der Waals surface area contributed by atoms with Crippen LogP contribution in [0.15, 0.2) is 12.1 Å². The van der Waals surface area contributed by atoms with Crippen molar-refractivity contribution in [2.24, 2.45) is 0 Å². The molecular formula is C17H26N2O2. The highest BCUT2D eigenvalue weighted by molar-refractivity contribution is 5.27. The number of nitrogens with one attached hydrogen (secondary N) is 1. The monoisotopic (exact) mass is 290 g/mol. The van der Waals surface area contributed by atoms with Gasteiger partial charge in [0.15, 0.2) is 0 Å². The van der Waals surface area contributed by atoms with E-state index in [0.29, 0.717) is 12.5 Å². The highest BCUT2D eigenvalue weighted by atomic mass is 16.5. The van der Waals surface area contributed by atoms with Gasteiger partial charge < -0.3 is 14.8 Å². The smallest absolute Gasteiger partial charge is 0.213 e. The van der Waals surface area contributed by atoms with Crippen molar-refractivity contribution in [2.45, 2.75) is 64.1 Å². The van der Waals surface area contributed by atoms with Gasteiger partial charge in [-0.05, 0) is 43.2 Å². The molecule has 1 aliphatic carbocycles. The Morgan fingerprint density at radius 1 is 1.33 bits per heavy atom. The highest BCUT2D eigenvalue weighted by Crippen LogP contribution is 2.23. The third-order valence-electron chi connectivity index (χ3n) is 4.09. The summed E-state index contributed by atoms with van der Waals surface area (Å²) in [6.07, 6.45) is 5.10. The van der Waals surface area contributed by atoms with E-state index in [1.54, 1.807) is 0 Å². The maximum Gasteiger partial charge on any atom is 0.213 e. The molecule has 1 N–H and O–H groups in total. The number of nitrogens with zero attached hydrogens (tertiary/aromatic N) is 1. The van der Waals surface area contributed by atoms with Crippen LogP contribution in [0.4, 0.5) is 0 Å². The molecule has 0 aromatic carbocycles. The maximum absolute atomic E-state index is 5.88. The normalized spacial score (nSPS) is 22.0. The van der Waals surface area contributed by atoms with Crippen LogP contribution >= 0.6 is 0 Å². The van der Waals surface area contributed by atoms with E-state index in [-0.39, 0.29) is 6.10 Å². The summed E-state index contributed by atoms with van der Waals surface area (Å²) in [6.45, 7) is 6.73. The van der Waals surface area contributed by atoms with Gasteiger partial charge in [0.2, 0.25) is 5.88 Å². The molecule has 21 heavy (non-hydrogen) atoms. The molecule has 0 spiro atoms. The molecule has 1 unspecified atom stereocenters. The molecule has 1 aromatic rings. The quantitative estimate of drug-likeness (QED) is 0.838. The zero-order valence-electron chi connectivity index (χ0n) is 13.1. The van der Waals surface area contributed by atoms with E-state index in [1.807, 2.05) is 0 Å². The van der Waals surface area contributed by atoms with Crippen molar-refractivity contribution >= 4 is 0 Å². The van der Waals surface area contributed by atoms with E-state index < -0.39 is 0 Å². The summed E-state index contributed by atoms with van der Waals surface area (Å²) in [7, 11) is 0. The minimum atomic E-state index is 0.238. The summed E-state index contributed by atoms with van der Waals surface area (Å²) >= 11 is 0. The third-order valence-corrected chi connectivity index (χ3v) is 4.09. The molecule has 4 nitrogen and oxygen atoms in total. The van der Waals surface area contributed by atoms with Gasteiger partial charge in [-0.15, -0.1) is 0 Å². The molecule has 1 saturated carbocycles. The highest BCUT2D eigenvalue weighted by Gasteiger charge is 2.20. The van der Waals surface area contributed by atoms with Crippen LogP contribution in [-0.2, 0) is 11.3 Å². The standard InChI is InChI=1S/C17H26N2O2/c1-12(2)16-8-13(10-18-14-5-6-14)9-17(19-16)21-11-15-4-3-7-20-15/h8-9,12,14-15,18H,3-7,10-11H2,1-2H3. The fourth-order valence-electron chi connectivity index (χ4n) is 2.56. The van der Waals surface area contributed by atoms with Gasteiger partial charge in [0.1, 0.15) is 6.61 Å². The van der Waals surface area contributed by atoms with Crippen molar-refractivity contribution in [3.8, 4) is 5.88 Å². The Hall–Kier alpha value is -1.13. The van der Waals surface area contributed by atoms with E-state index in [2.05, 4.69) is 36.3 Å². The van der Waals surface area contributed by atoms with Crippen LogP contribution in [0.1, 0.15) is 56.7 Å². The Kier molecular flexibility index (Phi) is 4.76. The average molecular weight is 290 g/mol. The second kappa shape index (κ2) is 6.75. The van der Waals surface area contributed by atoms with Gasteiger partial charge in [-0.1, -0.05) is 13.8 Å². The minimum absolute atomic E-state index is 0.238. The SMILES string of the molecule is CC(C)c1cc(CNC2CC2)cc(OCC2CCCO2)n1. The molecule has 2 aliphatic rings. The topological polar surface area (TPSA) is 43.4 Å². The molecule has 2 heterocycles. The summed E-state index contributed by atoms with van der Waals surface area (Å²) < 4.78 is 11.5. The van der Waals surface area contributed by atoms with Gasteiger partial charge in [-0.3, -0.25) is 0 Å². The van der Waals surface area contributed by atoms with Gasteiger partial charge in [0, 0.05) is 31.0 Å². The Morgan fingerprint density at radius 2 is 2.19 bits per heavy atom. The predicted octanol–water partition coefficient (Wildman–Crippen LogP) is 3.01. The molecule has 0 amide bonds. The number of hydrogen-bond donors (Lipinski definition) is 1. The average Bonchev–Trinajstić information content (AvgIpc) is 3.16. The zero-order valence-corrected chi connectivity index (χ0v) is 13.1. The second-order valence-electron chi connectivity index (χ2n) is 6.49. The van der Waals surface area contributed by atoms with Gasteiger partial charge in [0.25, 0.3) is 0 Å². The molecule has 1 atom stereocenters. The van der Waals surface area contributed by atoms with Crippen molar-refractivity contribution in [3.63, 3.8) is 0 Å². The molecule has 0 bridgehead atoms. The summed E-state index contributed by atoms with van der Waals surface area (Å²) in [5.74, 6) is 1.15. The van der Waals surface area contributed by atoms with Crippen molar-refractivity contribution in [2.75, 3.05) is 13.2 Å². The van der Waals surface area contributed by atoms with E-state index in [0.717, 1.165) is 43.6 Å². The Morgan fingerprint density at radius 3 is 2.86 bits per heavy atom. The summed E-state index contributed by atoms with van der Waals surface area (Å²) in [5.41, 5.74) is 2.37. The molecule has 1 aliphatic heterocycles. The Bertz CT molecular complexity index is 466. The molecular weight excluding hydrogens is 264 g/mol. The lowest BCUT2D eigenvalue weighted by atomic mass is 10.1. The largest absolute Gasteiger partial charge is 0.475 e. The molecule has 116 valence electrons. The van der Waals surface area contributed by atoms with Gasteiger partial charge in [0.05, 0.1) is 6.10 Å². The minimum Gasteiger partial charge on any atom is -0.475 e. The lowest BCUT2D eigenvalue weighted by molar-refractivity contribution is 0.0662. The molecule has 0 radical (unpaired) electrons. The first-order valence-corrected chi connectivity index (χ1v) is 8.19. The number of hydrogen-bond acceptors (Lipinski definition) is 4. The first kappa shape index (κ1) is 14.8. The van der Waals surface area contributed by atoms with E-state index in [4.69, 9.17) is 9.47 Å². The van der Waals surface area contributed by atoms with Crippen LogP contribution in [0.2, 0.25) is 0 Å². The second-order valence-corrected chi connectivity index (χ2v) is 6.49. The van der Waals surface area contributed by atoms with Crippen LogP contribution in [-0.4, -0.2) is 30.3 Å². The Labute approximate surface area is 127 Å². The molecule has 1 saturated heterocycles.